The first kappa shape index (κ1) is 17.2. The zero-order valence-electron chi connectivity index (χ0n) is 13.4. The van der Waals surface area contributed by atoms with E-state index < -0.39 is 0 Å². The molecule has 2 fully saturated rings. The first-order chi connectivity index (χ1) is 11.1. The summed E-state index contributed by atoms with van der Waals surface area (Å²) >= 11 is 9.53. The molecule has 1 saturated heterocycles. The fraction of sp³-hybridized carbons (Fsp3) is 0.611. The van der Waals surface area contributed by atoms with E-state index in [4.69, 9.17) is 11.6 Å². The lowest BCUT2D eigenvalue weighted by molar-refractivity contribution is 0.0906. The van der Waals surface area contributed by atoms with Crippen LogP contribution in [0.5, 0.6) is 0 Å². The molecule has 1 saturated carbocycles. The van der Waals surface area contributed by atoms with Gasteiger partial charge in [-0.2, -0.15) is 0 Å². The number of rotatable bonds is 4. The van der Waals surface area contributed by atoms with E-state index in [0.29, 0.717) is 10.6 Å². The Morgan fingerprint density at radius 2 is 1.91 bits per heavy atom. The maximum absolute atomic E-state index is 12.4. The maximum atomic E-state index is 12.4. The first-order valence-electron chi connectivity index (χ1n) is 8.60. The Hall–Kier alpha value is -0.580. The second-order valence-corrected chi connectivity index (χ2v) is 8.15. The maximum Gasteiger partial charge on any atom is 0.253 e. The van der Waals surface area contributed by atoms with Crippen LogP contribution in [0.1, 0.15) is 48.9 Å². The average molecular weight is 400 g/mol. The number of hydrogen-bond donors (Lipinski definition) is 1. The first-order valence-corrected chi connectivity index (χ1v) is 9.77. The quantitative estimate of drug-likeness (QED) is 0.809. The van der Waals surface area contributed by atoms with Crippen molar-refractivity contribution in [3.05, 3.63) is 33.3 Å². The number of halogens is 2. The number of nitrogens with zero attached hydrogens (tertiary/aromatic N) is 1. The van der Waals surface area contributed by atoms with Gasteiger partial charge in [0.15, 0.2) is 0 Å². The molecular weight excluding hydrogens is 376 g/mol. The van der Waals surface area contributed by atoms with Crippen LogP contribution in [-0.4, -0.2) is 36.5 Å². The third kappa shape index (κ3) is 4.71. The number of nitrogens with one attached hydrogen (secondary N) is 1. The van der Waals surface area contributed by atoms with Crippen LogP contribution in [-0.2, 0) is 0 Å². The van der Waals surface area contributed by atoms with E-state index in [-0.39, 0.29) is 11.9 Å². The highest BCUT2D eigenvalue weighted by atomic mass is 79.9. The number of carbonyl (C=O) groups is 1. The lowest BCUT2D eigenvalue weighted by atomic mass is 10.0. The van der Waals surface area contributed by atoms with Crippen molar-refractivity contribution in [1.82, 2.24) is 10.2 Å². The Kier molecular flexibility index (Phi) is 6.00. The molecule has 0 spiro atoms. The number of carbonyl (C=O) groups excluding carboxylic acids is 1. The van der Waals surface area contributed by atoms with Gasteiger partial charge in [-0.1, -0.05) is 40.4 Å². The molecule has 23 heavy (non-hydrogen) atoms. The SMILES string of the molecule is O=C(NC1CCN(CC2CCCC2)CC1)c1cc(Br)ccc1Cl. The zero-order valence-corrected chi connectivity index (χ0v) is 15.7. The van der Waals surface area contributed by atoms with E-state index in [9.17, 15) is 4.79 Å². The molecule has 1 aliphatic carbocycles. The number of hydrogen-bond acceptors (Lipinski definition) is 2. The van der Waals surface area contributed by atoms with E-state index in [1.54, 1.807) is 12.1 Å². The molecule has 3 rings (SSSR count). The predicted octanol–water partition coefficient (Wildman–Crippen LogP) is 4.49. The van der Waals surface area contributed by atoms with Gasteiger partial charge in [0.05, 0.1) is 10.6 Å². The van der Waals surface area contributed by atoms with Gasteiger partial charge in [-0.05, 0) is 49.8 Å². The molecule has 3 nitrogen and oxygen atoms in total. The Bertz CT molecular complexity index is 552. The minimum Gasteiger partial charge on any atom is -0.349 e. The van der Waals surface area contributed by atoms with Gasteiger partial charge in [0.2, 0.25) is 0 Å². The van der Waals surface area contributed by atoms with Crippen molar-refractivity contribution < 1.29 is 4.79 Å². The third-order valence-corrected chi connectivity index (χ3v) is 5.91. The molecule has 1 heterocycles. The van der Waals surface area contributed by atoms with Gasteiger partial charge in [0.25, 0.3) is 5.91 Å². The van der Waals surface area contributed by atoms with Crippen LogP contribution in [0.4, 0.5) is 0 Å². The smallest absolute Gasteiger partial charge is 0.253 e. The molecule has 0 atom stereocenters. The normalized spacial score (nSPS) is 20.8. The summed E-state index contributed by atoms with van der Waals surface area (Å²) in [7, 11) is 0. The molecule has 0 bridgehead atoms. The highest BCUT2D eigenvalue weighted by Crippen LogP contribution is 2.27. The monoisotopic (exact) mass is 398 g/mol. The van der Waals surface area contributed by atoms with Crippen LogP contribution in [0, 0.1) is 5.92 Å². The van der Waals surface area contributed by atoms with Crippen LogP contribution in [0.3, 0.4) is 0 Å². The Morgan fingerprint density at radius 1 is 1.22 bits per heavy atom. The van der Waals surface area contributed by atoms with Gasteiger partial charge >= 0.3 is 0 Å². The van der Waals surface area contributed by atoms with Crippen LogP contribution >= 0.6 is 27.5 Å². The molecule has 126 valence electrons. The van der Waals surface area contributed by atoms with E-state index in [1.807, 2.05) is 6.07 Å². The highest BCUT2D eigenvalue weighted by molar-refractivity contribution is 9.10. The lowest BCUT2D eigenvalue weighted by Gasteiger charge is -2.33. The van der Waals surface area contributed by atoms with Gasteiger partial charge < -0.3 is 10.2 Å². The second kappa shape index (κ2) is 8.00. The van der Waals surface area contributed by atoms with Crippen LogP contribution < -0.4 is 5.32 Å². The molecule has 0 aromatic heterocycles. The summed E-state index contributed by atoms with van der Waals surface area (Å²) in [5.74, 6) is 0.840. The summed E-state index contributed by atoms with van der Waals surface area (Å²) in [5.41, 5.74) is 0.550. The topological polar surface area (TPSA) is 32.3 Å². The minimum absolute atomic E-state index is 0.0643. The molecule has 2 aliphatic rings. The largest absolute Gasteiger partial charge is 0.349 e. The summed E-state index contributed by atoms with van der Waals surface area (Å²) in [4.78, 5) is 15.0. The number of piperidine rings is 1. The summed E-state index contributed by atoms with van der Waals surface area (Å²) in [5, 5.41) is 3.65. The summed E-state index contributed by atoms with van der Waals surface area (Å²) < 4.78 is 0.874. The van der Waals surface area contributed by atoms with Crippen LogP contribution in [0.2, 0.25) is 5.02 Å². The Labute approximate surface area is 151 Å². The molecule has 5 heteroatoms. The second-order valence-electron chi connectivity index (χ2n) is 6.82. The van der Waals surface area contributed by atoms with Crippen LogP contribution in [0.25, 0.3) is 0 Å². The Balaban J connectivity index is 1.48. The molecule has 1 aliphatic heterocycles. The molecule has 1 N–H and O–H groups in total. The molecule has 0 unspecified atom stereocenters. The average Bonchev–Trinajstić information content (AvgIpc) is 3.04. The fourth-order valence-electron chi connectivity index (χ4n) is 3.75. The van der Waals surface area contributed by atoms with Gasteiger partial charge in [0.1, 0.15) is 0 Å². The van der Waals surface area contributed by atoms with Gasteiger partial charge in [-0.25, -0.2) is 0 Å². The van der Waals surface area contributed by atoms with Gasteiger partial charge in [-0.3, -0.25) is 4.79 Å². The molecule has 1 aromatic carbocycles. The molecular formula is C18H24BrClN2O. The van der Waals surface area contributed by atoms with Crippen LogP contribution in [0.15, 0.2) is 22.7 Å². The van der Waals surface area contributed by atoms with Gasteiger partial charge in [-0.15, -0.1) is 0 Å². The molecule has 1 aromatic rings. The van der Waals surface area contributed by atoms with E-state index in [0.717, 1.165) is 36.3 Å². The van der Waals surface area contributed by atoms with Crippen molar-refractivity contribution >= 4 is 33.4 Å². The van der Waals surface area contributed by atoms with Gasteiger partial charge in [0, 0.05) is 30.1 Å². The third-order valence-electron chi connectivity index (χ3n) is 5.09. The van der Waals surface area contributed by atoms with Crippen molar-refractivity contribution in [2.45, 2.75) is 44.6 Å². The van der Waals surface area contributed by atoms with Crippen molar-refractivity contribution in [2.75, 3.05) is 19.6 Å². The summed E-state index contributed by atoms with van der Waals surface area (Å²) in [6, 6.07) is 5.65. The fourth-order valence-corrected chi connectivity index (χ4v) is 4.32. The van der Waals surface area contributed by atoms with E-state index in [2.05, 4.69) is 26.1 Å². The van der Waals surface area contributed by atoms with Crippen molar-refractivity contribution in [1.29, 1.82) is 0 Å². The standard InChI is InChI=1S/C18H24BrClN2O/c19-14-5-6-17(20)16(11-14)18(23)21-15-7-9-22(10-8-15)12-13-3-1-2-4-13/h5-6,11,13,15H,1-4,7-10,12H2,(H,21,23). The summed E-state index contributed by atoms with van der Waals surface area (Å²) in [6.45, 7) is 3.43. The van der Waals surface area contributed by atoms with Crippen molar-refractivity contribution in [3.63, 3.8) is 0 Å². The molecule has 1 amide bonds. The predicted molar refractivity (Wildman–Crippen MR) is 98.0 cm³/mol. The van der Waals surface area contributed by atoms with Crippen molar-refractivity contribution in [3.8, 4) is 0 Å². The molecule has 0 radical (unpaired) electrons. The van der Waals surface area contributed by atoms with Crippen molar-refractivity contribution in [2.24, 2.45) is 5.92 Å². The van der Waals surface area contributed by atoms with E-state index in [1.165, 1.54) is 32.2 Å². The lowest BCUT2D eigenvalue weighted by Crippen LogP contribution is -2.45. The Morgan fingerprint density at radius 3 is 2.61 bits per heavy atom. The number of amides is 1. The number of likely N-dealkylation sites (tertiary alicyclic amines) is 1. The number of benzene rings is 1. The zero-order chi connectivity index (χ0) is 16.2. The minimum atomic E-state index is -0.0643. The van der Waals surface area contributed by atoms with E-state index >= 15 is 0 Å². The highest BCUT2D eigenvalue weighted by Gasteiger charge is 2.24. The summed E-state index contributed by atoms with van der Waals surface area (Å²) in [6.07, 6.45) is 7.68.